The third-order valence-corrected chi connectivity index (χ3v) is 41.8. The van der Waals surface area contributed by atoms with Gasteiger partial charge in [-0.05, 0) is 89.5 Å². The van der Waals surface area contributed by atoms with Crippen molar-refractivity contribution < 1.29 is 0 Å². The molecule has 0 aliphatic heterocycles. The molecule has 0 nitrogen and oxygen atoms in total. The molecule has 0 saturated heterocycles. The van der Waals surface area contributed by atoms with Crippen molar-refractivity contribution in [1.82, 2.24) is 0 Å². The van der Waals surface area contributed by atoms with Crippen LogP contribution in [0.2, 0.25) is 118 Å². The van der Waals surface area contributed by atoms with Crippen LogP contribution in [0.1, 0.15) is 82.8 Å². The minimum atomic E-state index is -1.39. The first-order valence-electron chi connectivity index (χ1n) is 22.5. The van der Waals surface area contributed by atoms with E-state index in [2.05, 4.69) is 260 Å². The average Bonchev–Trinajstić information content (AvgIpc) is 3.08. The fourth-order valence-electron chi connectivity index (χ4n) is 11.2. The normalized spacial score (nSPS) is 12.9. The summed E-state index contributed by atoms with van der Waals surface area (Å²) in [5, 5.41) is 2.32. The molecule has 4 radical (unpaired) electrons. The molecule has 4 rings (SSSR count). The fraction of sp³-hybridized carbons (Fsp3) is 0.529. The molecule has 0 aliphatic carbocycles. The zero-order valence-corrected chi connectivity index (χ0v) is 55.1. The number of benzene rings is 4. The molecule has 4 aromatic rings. The monoisotopic (exact) mass is 1110 g/mol. The van der Waals surface area contributed by atoms with Gasteiger partial charge in [0.15, 0.2) is 0 Å². The molecule has 0 spiro atoms. The summed E-state index contributed by atoms with van der Waals surface area (Å²) in [6.45, 7) is 56.0. The van der Waals surface area contributed by atoms with Gasteiger partial charge in [-0.2, -0.15) is 0 Å². The van der Waals surface area contributed by atoms with Crippen LogP contribution in [0.15, 0.2) is 78.9 Å². The predicted molar refractivity (Wildman–Crippen MR) is 314 cm³/mol. The molecule has 0 N–H and O–H groups in total. The standard InChI is InChI=1S/C27H59Si6.C24H25.H2S4.Sn/c1-28(2,3)25(29(4,5)6)22-19-23(26(30(7,8)9)31(10,11)12)21-24(20-22)27(32(13,14)15)33(16,17)18;1-17(2)21-12-5-7-14-23(21)19-10-9-11-20(16-19)24-15-8-6-13-22(24)18(3)4;1-3-4-2;/h19-20,25-27H,1-18H3;5-15,17-18H,1-4H3;1-2H;/q;;;+2/p-2. The van der Waals surface area contributed by atoms with Crippen LogP contribution in [0.25, 0.3) is 22.3 Å². The second kappa shape index (κ2) is 24.6. The van der Waals surface area contributed by atoms with E-state index in [4.69, 9.17) is 0 Å². The van der Waals surface area contributed by atoms with Gasteiger partial charge in [-0.3, -0.25) is 19.7 Å². The molecule has 0 amide bonds. The van der Waals surface area contributed by atoms with Crippen LogP contribution in [-0.2, 0) is 23.3 Å². The van der Waals surface area contributed by atoms with Gasteiger partial charge in [0.1, 0.15) is 0 Å². The Bertz CT molecular complexity index is 1740. The van der Waals surface area contributed by atoms with E-state index >= 15 is 0 Å². The van der Waals surface area contributed by atoms with Gasteiger partial charge in [0, 0.05) is 48.4 Å². The van der Waals surface area contributed by atoms with Crippen molar-refractivity contribution in [1.29, 1.82) is 0 Å². The van der Waals surface area contributed by atoms with E-state index in [-0.39, 0.29) is 23.9 Å². The molecule has 4 aromatic carbocycles. The van der Waals surface area contributed by atoms with Gasteiger partial charge in [0.25, 0.3) is 0 Å². The molecule has 0 aromatic heterocycles. The molecule has 62 heavy (non-hydrogen) atoms. The Balaban J connectivity index is 0.000000581. The summed E-state index contributed by atoms with van der Waals surface area (Å²) in [5.74, 6) is 1.00. The Hall–Kier alpha value is 0.380. The largest absolute Gasteiger partial charge is 2.00 e. The van der Waals surface area contributed by atoms with Crippen molar-refractivity contribution >= 4 is 115 Å². The maximum atomic E-state index is 4.33. The second-order valence-corrected chi connectivity index (χ2v) is 61.5. The molecular formula is C51H84S4Si6Sn. The van der Waals surface area contributed by atoms with Crippen molar-refractivity contribution in [3.63, 3.8) is 0 Å². The van der Waals surface area contributed by atoms with Gasteiger partial charge >= 0.3 is 23.9 Å². The Morgan fingerprint density at radius 2 is 0.694 bits per heavy atom. The Labute approximate surface area is 425 Å². The van der Waals surface area contributed by atoms with Gasteiger partial charge in [0.2, 0.25) is 0 Å². The van der Waals surface area contributed by atoms with E-state index in [0.717, 1.165) is 15.5 Å². The van der Waals surface area contributed by atoms with E-state index in [9.17, 15) is 0 Å². The van der Waals surface area contributed by atoms with Crippen LogP contribution in [0, 0.1) is 12.1 Å². The molecule has 0 atom stereocenters. The first kappa shape index (κ1) is 60.4. The topological polar surface area (TPSA) is 0 Å². The van der Waals surface area contributed by atoms with Crippen LogP contribution in [0.3, 0.4) is 0 Å². The van der Waals surface area contributed by atoms with E-state index in [1.165, 1.54) is 53.0 Å². The van der Waals surface area contributed by atoms with Crippen molar-refractivity contribution in [2.24, 2.45) is 0 Å². The molecule has 0 fully saturated rings. The fourth-order valence-corrected chi connectivity index (χ4v) is 49.0. The van der Waals surface area contributed by atoms with Gasteiger partial charge in [-0.1, -0.05) is 224 Å². The number of hydrogen-bond acceptors (Lipinski definition) is 4. The van der Waals surface area contributed by atoms with Crippen molar-refractivity contribution in [3.05, 3.63) is 119 Å². The molecule has 0 saturated carbocycles. The van der Waals surface area contributed by atoms with Crippen LogP contribution >= 0.6 is 19.7 Å². The summed E-state index contributed by atoms with van der Waals surface area (Å²) in [6, 6.07) is 37.1. The smallest absolute Gasteiger partial charge is 0.709 e. The average molecular weight is 1110 g/mol. The summed E-state index contributed by atoms with van der Waals surface area (Å²) in [4.78, 5) is 0. The van der Waals surface area contributed by atoms with Crippen LogP contribution in [0.5, 0.6) is 0 Å². The SMILES string of the molecule is CC(C)c1ccccc1-c1[c]c(-c2ccccc2C(C)C)ccc1.C[Si](C)(C)C(c1[c]c(C([Si](C)(C)C)[Si](C)(C)C)cc(C([Si](C)(C)C)[Si](C)(C)C)c1)[Si](C)(C)C.[S-]SS[S-].[Sn+2]. The van der Waals surface area contributed by atoms with Crippen LogP contribution in [-0.4, -0.2) is 72.4 Å². The van der Waals surface area contributed by atoms with Crippen molar-refractivity contribution in [2.75, 3.05) is 0 Å². The number of hydrogen-bond donors (Lipinski definition) is 0. The summed E-state index contributed by atoms with van der Waals surface area (Å²) >= 11 is 8.66. The summed E-state index contributed by atoms with van der Waals surface area (Å²) < 4.78 is 0. The van der Waals surface area contributed by atoms with Gasteiger partial charge < -0.3 is 23.3 Å². The first-order chi connectivity index (χ1) is 27.7. The molecule has 11 heteroatoms. The zero-order chi connectivity index (χ0) is 47.1. The van der Waals surface area contributed by atoms with Crippen LogP contribution in [0.4, 0.5) is 0 Å². The van der Waals surface area contributed by atoms with E-state index < -0.39 is 48.4 Å². The Morgan fingerprint density at radius 3 is 0.952 bits per heavy atom. The van der Waals surface area contributed by atoms with Gasteiger partial charge in [0.05, 0.1) is 0 Å². The summed E-state index contributed by atoms with van der Waals surface area (Å²) in [6.07, 6.45) is 0. The summed E-state index contributed by atoms with van der Waals surface area (Å²) in [5.41, 5.74) is 12.6. The maximum absolute atomic E-state index is 4.33. The quantitative estimate of drug-likeness (QED) is 0.0701. The third kappa shape index (κ3) is 17.8. The van der Waals surface area contributed by atoms with Gasteiger partial charge in [-0.15, -0.1) is 0 Å². The zero-order valence-electron chi connectivity index (χ0n) is 43.0. The maximum Gasteiger partial charge on any atom is 2.00 e. The molecule has 0 unspecified atom stereocenters. The molecule has 340 valence electrons. The molecular weight excluding hydrogens is 1030 g/mol. The van der Waals surface area contributed by atoms with E-state index in [1.807, 2.05) is 0 Å². The predicted octanol–water partition coefficient (Wildman–Crippen LogP) is 18.0. The van der Waals surface area contributed by atoms with Gasteiger partial charge in [-0.25, -0.2) is 0 Å². The minimum Gasteiger partial charge on any atom is -0.709 e. The number of rotatable bonds is 14. The van der Waals surface area contributed by atoms with E-state index in [1.54, 1.807) is 16.7 Å². The van der Waals surface area contributed by atoms with Crippen molar-refractivity contribution in [3.8, 4) is 22.3 Å². The first-order valence-corrected chi connectivity index (χ1v) is 48.0. The summed E-state index contributed by atoms with van der Waals surface area (Å²) in [7, 11) is -5.94. The van der Waals surface area contributed by atoms with Crippen LogP contribution < -0.4 is 0 Å². The molecule has 0 heterocycles. The Kier molecular flexibility index (Phi) is 24.0. The Morgan fingerprint density at radius 1 is 0.403 bits per heavy atom. The molecule has 0 bridgehead atoms. The van der Waals surface area contributed by atoms with E-state index in [0.29, 0.717) is 11.8 Å². The van der Waals surface area contributed by atoms with Crippen molar-refractivity contribution in [2.45, 2.75) is 173 Å². The minimum absolute atomic E-state index is 0. The third-order valence-electron chi connectivity index (χ3n) is 11.7. The molecule has 0 aliphatic rings. The second-order valence-electron chi connectivity index (χ2n) is 24.4.